The van der Waals surface area contributed by atoms with Crippen molar-refractivity contribution in [2.75, 3.05) is 26.2 Å². The van der Waals surface area contributed by atoms with Gasteiger partial charge in [0.05, 0.1) is 11.6 Å². The van der Waals surface area contributed by atoms with Crippen molar-refractivity contribution < 1.29 is 9.50 Å². The lowest BCUT2D eigenvalue weighted by atomic mass is 9.91. The average molecular weight is 291 g/mol. The fraction of sp³-hybridized carbons (Fsp3) is 0.562. The molecule has 1 heterocycles. The van der Waals surface area contributed by atoms with Crippen molar-refractivity contribution in [3.63, 3.8) is 0 Å². The highest BCUT2D eigenvalue weighted by Gasteiger charge is 2.28. The zero-order valence-corrected chi connectivity index (χ0v) is 12.6. The third kappa shape index (κ3) is 3.52. The first kappa shape index (κ1) is 15.7. The molecule has 1 aromatic rings. The van der Waals surface area contributed by atoms with E-state index < -0.39 is 5.82 Å². The molecule has 1 atom stereocenters. The van der Waals surface area contributed by atoms with Gasteiger partial charge in [0.1, 0.15) is 0 Å². The highest BCUT2D eigenvalue weighted by atomic mass is 19.1. The number of phenols is 1. The molecule has 1 aliphatic rings. The predicted octanol–water partition coefficient (Wildman–Crippen LogP) is 2.40. The van der Waals surface area contributed by atoms with Crippen LogP contribution in [0.25, 0.3) is 0 Å². The Morgan fingerprint density at radius 1 is 1.38 bits per heavy atom. The van der Waals surface area contributed by atoms with Gasteiger partial charge < -0.3 is 10.4 Å². The van der Waals surface area contributed by atoms with Crippen LogP contribution in [0.4, 0.5) is 4.39 Å². The monoisotopic (exact) mass is 291 g/mol. The van der Waals surface area contributed by atoms with Crippen molar-refractivity contribution in [3.8, 4) is 11.8 Å². The van der Waals surface area contributed by atoms with Crippen LogP contribution in [0.1, 0.15) is 37.4 Å². The number of hydrogen-bond acceptors (Lipinski definition) is 4. The molecule has 1 aliphatic heterocycles. The number of halogens is 1. The van der Waals surface area contributed by atoms with Gasteiger partial charge in [-0.25, -0.2) is 4.39 Å². The molecule has 0 radical (unpaired) electrons. The number of benzene rings is 1. The molecule has 21 heavy (non-hydrogen) atoms. The van der Waals surface area contributed by atoms with E-state index in [4.69, 9.17) is 0 Å². The van der Waals surface area contributed by atoms with Crippen LogP contribution in [-0.4, -0.2) is 36.2 Å². The van der Waals surface area contributed by atoms with E-state index in [-0.39, 0.29) is 11.8 Å². The second kappa shape index (κ2) is 6.88. The average Bonchev–Trinajstić information content (AvgIpc) is 2.48. The summed E-state index contributed by atoms with van der Waals surface area (Å²) in [7, 11) is 0. The van der Waals surface area contributed by atoms with Crippen LogP contribution >= 0.6 is 0 Å². The van der Waals surface area contributed by atoms with Crippen LogP contribution < -0.4 is 5.32 Å². The van der Waals surface area contributed by atoms with E-state index >= 15 is 0 Å². The van der Waals surface area contributed by atoms with E-state index in [9.17, 15) is 14.8 Å². The van der Waals surface area contributed by atoms with Gasteiger partial charge in [-0.05, 0) is 24.5 Å². The predicted molar refractivity (Wildman–Crippen MR) is 79.4 cm³/mol. The van der Waals surface area contributed by atoms with E-state index in [1.165, 1.54) is 6.07 Å². The molecule has 0 spiro atoms. The van der Waals surface area contributed by atoms with Crippen molar-refractivity contribution in [3.05, 3.63) is 29.1 Å². The zero-order valence-electron chi connectivity index (χ0n) is 12.6. The van der Waals surface area contributed by atoms with Crippen LogP contribution in [0, 0.1) is 23.1 Å². The smallest absolute Gasteiger partial charge is 0.165 e. The lowest BCUT2D eigenvalue weighted by Gasteiger charge is -2.36. The first-order chi connectivity index (χ1) is 10.0. The van der Waals surface area contributed by atoms with Gasteiger partial charge in [0.15, 0.2) is 11.6 Å². The standard InChI is InChI=1S/C16H22FN3O/c1-11(2)9-14(20-7-5-19-6-8-20)15-12(10-18)3-4-13(17)16(15)21/h3-4,11,14,19,21H,5-9H2,1-2H3/t14-/m1/s1. The Hall–Kier alpha value is -1.64. The number of phenolic OH excluding ortho intramolecular Hbond substituents is 1. The van der Waals surface area contributed by atoms with Gasteiger partial charge in [-0.1, -0.05) is 13.8 Å². The second-order valence-corrected chi connectivity index (χ2v) is 5.90. The Balaban J connectivity index is 2.45. The summed E-state index contributed by atoms with van der Waals surface area (Å²) >= 11 is 0. The SMILES string of the molecule is CC(C)C[C@H](c1c(C#N)ccc(F)c1O)N1CCNCC1. The number of nitriles is 1. The van der Waals surface area contributed by atoms with Crippen molar-refractivity contribution in [1.29, 1.82) is 5.26 Å². The lowest BCUT2D eigenvalue weighted by molar-refractivity contribution is 0.151. The number of hydrogen-bond donors (Lipinski definition) is 2. The third-order valence-electron chi connectivity index (χ3n) is 3.91. The van der Waals surface area contributed by atoms with Crippen molar-refractivity contribution >= 4 is 0 Å². The van der Waals surface area contributed by atoms with Crippen LogP contribution in [-0.2, 0) is 0 Å². The molecule has 0 aliphatic carbocycles. The Morgan fingerprint density at radius 3 is 2.62 bits per heavy atom. The normalized spacial score (nSPS) is 17.7. The quantitative estimate of drug-likeness (QED) is 0.894. The van der Waals surface area contributed by atoms with E-state index in [0.29, 0.717) is 17.0 Å². The number of aromatic hydroxyl groups is 1. The summed E-state index contributed by atoms with van der Waals surface area (Å²) in [4.78, 5) is 2.23. The minimum Gasteiger partial charge on any atom is -0.505 e. The van der Waals surface area contributed by atoms with Gasteiger partial charge in [-0.3, -0.25) is 4.90 Å². The van der Waals surface area contributed by atoms with E-state index in [0.717, 1.165) is 38.7 Å². The number of piperazine rings is 1. The van der Waals surface area contributed by atoms with E-state index in [2.05, 4.69) is 30.1 Å². The minimum atomic E-state index is -0.659. The largest absolute Gasteiger partial charge is 0.505 e. The van der Waals surface area contributed by atoms with Crippen molar-refractivity contribution in [2.24, 2.45) is 5.92 Å². The first-order valence-electron chi connectivity index (χ1n) is 7.40. The van der Waals surface area contributed by atoms with Gasteiger partial charge in [-0.15, -0.1) is 0 Å². The molecule has 4 nitrogen and oxygen atoms in total. The third-order valence-corrected chi connectivity index (χ3v) is 3.91. The number of nitrogens with one attached hydrogen (secondary N) is 1. The maximum atomic E-state index is 13.8. The van der Waals surface area contributed by atoms with Gasteiger partial charge in [0.25, 0.3) is 0 Å². The molecule has 0 saturated carbocycles. The summed E-state index contributed by atoms with van der Waals surface area (Å²) in [6.07, 6.45) is 0.783. The number of rotatable bonds is 4. The molecule has 0 unspecified atom stereocenters. The molecule has 2 rings (SSSR count). The summed E-state index contributed by atoms with van der Waals surface area (Å²) in [6.45, 7) is 7.59. The lowest BCUT2D eigenvalue weighted by Crippen LogP contribution is -2.45. The molecular weight excluding hydrogens is 269 g/mol. The van der Waals surface area contributed by atoms with E-state index in [1.807, 2.05) is 0 Å². The molecule has 0 amide bonds. The molecule has 1 saturated heterocycles. The zero-order chi connectivity index (χ0) is 15.4. The molecule has 114 valence electrons. The summed E-state index contributed by atoms with van der Waals surface area (Å²) in [5.41, 5.74) is 0.797. The molecule has 5 heteroatoms. The van der Waals surface area contributed by atoms with E-state index in [1.54, 1.807) is 0 Å². The minimum absolute atomic E-state index is 0.127. The molecular formula is C16H22FN3O. The van der Waals surface area contributed by atoms with Crippen LogP contribution in [0.5, 0.6) is 5.75 Å². The highest BCUT2D eigenvalue weighted by Crippen LogP contribution is 2.37. The topological polar surface area (TPSA) is 59.3 Å². The molecule has 0 bridgehead atoms. The van der Waals surface area contributed by atoms with Crippen molar-refractivity contribution in [2.45, 2.75) is 26.3 Å². The van der Waals surface area contributed by atoms with Crippen molar-refractivity contribution in [1.82, 2.24) is 10.2 Å². The number of nitrogens with zero attached hydrogens (tertiary/aromatic N) is 2. The summed E-state index contributed by atoms with van der Waals surface area (Å²) in [6, 6.07) is 4.57. The first-order valence-corrected chi connectivity index (χ1v) is 7.40. The maximum absolute atomic E-state index is 13.8. The maximum Gasteiger partial charge on any atom is 0.165 e. The Morgan fingerprint density at radius 2 is 2.05 bits per heavy atom. The summed E-state index contributed by atoms with van der Waals surface area (Å²) in [5.74, 6) is -0.648. The van der Waals surface area contributed by atoms with Crippen LogP contribution in [0.2, 0.25) is 0 Å². The van der Waals surface area contributed by atoms with Gasteiger partial charge in [0, 0.05) is 37.8 Å². The summed E-state index contributed by atoms with van der Waals surface area (Å²) < 4.78 is 13.8. The molecule has 2 N–H and O–H groups in total. The molecule has 1 aromatic carbocycles. The Bertz CT molecular complexity index is 533. The summed E-state index contributed by atoms with van der Waals surface area (Å²) in [5, 5.41) is 22.7. The van der Waals surface area contributed by atoms with Gasteiger partial charge in [0.2, 0.25) is 0 Å². The highest BCUT2D eigenvalue weighted by molar-refractivity contribution is 5.48. The van der Waals surface area contributed by atoms with Gasteiger partial charge in [-0.2, -0.15) is 5.26 Å². The Labute approximate surface area is 125 Å². The molecule has 0 aromatic heterocycles. The van der Waals surface area contributed by atoms with Crippen LogP contribution in [0.15, 0.2) is 12.1 Å². The Kier molecular flexibility index (Phi) is 5.16. The molecule has 1 fully saturated rings. The van der Waals surface area contributed by atoms with Gasteiger partial charge >= 0.3 is 0 Å². The second-order valence-electron chi connectivity index (χ2n) is 5.90. The fourth-order valence-electron chi connectivity index (χ4n) is 2.91. The fourth-order valence-corrected chi connectivity index (χ4v) is 2.91. The van der Waals surface area contributed by atoms with Crippen LogP contribution in [0.3, 0.4) is 0 Å².